The van der Waals surface area contributed by atoms with E-state index < -0.39 is 5.79 Å². The average molecular weight is 456 g/mol. The van der Waals surface area contributed by atoms with Crippen LogP contribution in [0.15, 0.2) is 72.8 Å². The zero-order chi connectivity index (χ0) is 23.3. The Morgan fingerprint density at radius 1 is 0.765 bits per heavy atom. The molecule has 0 saturated carbocycles. The van der Waals surface area contributed by atoms with Crippen molar-refractivity contribution in [1.82, 2.24) is 4.90 Å². The maximum Gasteiger partial charge on any atom is 0.336 e. The largest absolute Gasteiger partial charge is 0.448 e. The van der Waals surface area contributed by atoms with Gasteiger partial charge in [-0.2, -0.15) is 0 Å². The topological polar surface area (TPSA) is 62.3 Å². The molecule has 7 nitrogen and oxygen atoms in total. The van der Waals surface area contributed by atoms with Crippen molar-refractivity contribution in [3.8, 4) is 22.6 Å². The summed E-state index contributed by atoms with van der Waals surface area (Å²) in [6.45, 7) is 1.78. The van der Waals surface area contributed by atoms with Crippen molar-refractivity contribution in [1.29, 1.82) is 0 Å². The summed E-state index contributed by atoms with van der Waals surface area (Å²) in [6.07, 6.45) is 1.56. The van der Waals surface area contributed by atoms with Crippen LogP contribution in [0.2, 0.25) is 0 Å². The number of likely N-dealkylation sites (tertiary alicyclic amines) is 1. The van der Waals surface area contributed by atoms with E-state index in [1.807, 2.05) is 66.7 Å². The number of ether oxygens (including phenoxy) is 2. The molecule has 0 unspecified atom stereocenters. The Labute approximate surface area is 198 Å². The third kappa shape index (κ3) is 3.49. The van der Waals surface area contributed by atoms with Gasteiger partial charge in [-0.15, -0.1) is 0 Å². The van der Waals surface area contributed by atoms with Gasteiger partial charge in [-0.3, -0.25) is 9.69 Å². The summed E-state index contributed by atoms with van der Waals surface area (Å²) in [4.78, 5) is 31.1. The second kappa shape index (κ2) is 7.88. The number of carbonyl (C=O) groups excluding carboxylic acids is 2. The first-order chi connectivity index (χ1) is 16.5. The lowest BCUT2D eigenvalue weighted by Crippen LogP contribution is -2.48. The summed E-state index contributed by atoms with van der Waals surface area (Å²) in [5.41, 5.74) is 3.29. The predicted molar refractivity (Wildman–Crippen MR) is 129 cm³/mol. The number of imide groups is 1. The lowest BCUT2D eigenvalue weighted by Gasteiger charge is -2.35. The van der Waals surface area contributed by atoms with Gasteiger partial charge in [0.2, 0.25) is 0 Å². The quantitative estimate of drug-likeness (QED) is 0.544. The van der Waals surface area contributed by atoms with Gasteiger partial charge in [0.25, 0.3) is 11.7 Å². The number of nitrogens with zero attached hydrogens (tertiary/aromatic N) is 3. The number of hydrogen-bond acceptors (Lipinski definition) is 5. The van der Waals surface area contributed by atoms with Crippen molar-refractivity contribution < 1.29 is 19.1 Å². The highest BCUT2D eigenvalue weighted by atomic mass is 16.7. The molecule has 2 fully saturated rings. The van der Waals surface area contributed by atoms with Crippen LogP contribution in [-0.2, 0) is 4.79 Å². The van der Waals surface area contributed by atoms with Gasteiger partial charge in [0.15, 0.2) is 11.5 Å². The fraction of sp³-hybridized carbons (Fsp3) is 0.259. The maximum atomic E-state index is 13.3. The first-order valence-corrected chi connectivity index (χ1v) is 11.5. The number of hydrogen-bond donors (Lipinski definition) is 0. The van der Waals surface area contributed by atoms with Crippen molar-refractivity contribution >= 4 is 23.3 Å². The minimum atomic E-state index is -0.634. The highest BCUT2D eigenvalue weighted by Crippen LogP contribution is 2.45. The molecule has 3 aromatic rings. The molecule has 0 aliphatic carbocycles. The van der Waals surface area contributed by atoms with E-state index in [0.29, 0.717) is 22.9 Å². The summed E-state index contributed by atoms with van der Waals surface area (Å²) in [5.74, 6) is 0.402. The van der Waals surface area contributed by atoms with Gasteiger partial charge in [0.05, 0.1) is 11.4 Å². The smallest absolute Gasteiger partial charge is 0.336 e. The Hall–Kier alpha value is -3.84. The van der Waals surface area contributed by atoms with Crippen molar-refractivity contribution in [2.24, 2.45) is 0 Å². The van der Waals surface area contributed by atoms with Crippen LogP contribution in [0.5, 0.6) is 11.5 Å². The Bertz CT molecular complexity index is 1250. The Morgan fingerprint density at radius 2 is 1.41 bits per heavy atom. The lowest BCUT2D eigenvalue weighted by molar-refractivity contribution is -0.116. The van der Waals surface area contributed by atoms with Crippen molar-refractivity contribution in [3.63, 3.8) is 0 Å². The normalized spacial score (nSPS) is 19.3. The molecule has 2 saturated heterocycles. The molecule has 172 valence electrons. The van der Waals surface area contributed by atoms with Gasteiger partial charge in [-0.25, -0.2) is 9.69 Å². The van der Waals surface area contributed by atoms with Crippen LogP contribution in [0, 0.1) is 0 Å². The number of carbonyl (C=O) groups is 2. The molecule has 6 rings (SSSR count). The van der Waals surface area contributed by atoms with Gasteiger partial charge < -0.3 is 14.4 Å². The van der Waals surface area contributed by atoms with Gasteiger partial charge in [0, 0.05) is 32.0 Å². The highest BCUT2D eigenvalue weighted by Gasteiger charge is 2.44. The Morgan fingerprint density at radius 3 is 2.15 bits per heavy atom. The average Bonchev–Trinajstić information content (AvgIpc) is 3.37. The minimum Gasteiger partial charge on any atom is -0.448 e. The number of piperidine rings is 1. The molecule has 7 heteroatoms. The van der Waals surface area contributed by atoms with Crippen molar-refractivity contribution in [2.75, 3.05) is 36.5 Å². The van der Waals surface area contributed by atoms with Gasteiger partial charge in [-0.1, -0.05) is 42.5 Å². The standard InChI is InChI=1S/C27H25N3O4/c1-28-15-13-27(14-16-28)33-23-12-11-22(17-24(23)34-27)29-18-25(31)30(26(29)32)21-9-7-20(8-10-21)19-5-3-2-4-6-19/h2-12,17H,13-16,18H2,1H3. The number of rotatable bonds is 3. The number of amides is 3. The van der Waals surface area contributed by atoms with E-state index in [2.05, 4.69) is 11.9 Å². The van der Waals surface area contributed by atoms with E-state index in [9.17, 15) is 9.59 Å². The fourth-order valence-corrected chi connectivity index (χ4v) is 4.80. The third-order valence-corrected chi connectivity index (χ3v) is 6.78. The lowest BCUT2D eigenvalue weighted by atomic mass is 10.0. The van der Waals surface area contributed by atoms with Crippen LogP contribution in [0.25, 0.3) is 11.1 Å². The Kier molecular flexibility index (Phi) is 4.81. The minimum absolute atomic E-state index is 0.0190. The number of benzene rings is 3. The van der Waals surface area contributed by atoms with Crippen molar-refractivity contribution in [2.45, 2.75) is 18.6 Å². The summed E-state index contributed by atoms with van der Waals surface area (Å²) < 4.78 is 12.4. The van der Waals surface area contributed by atoms with E-state index >= 15 is 0 Å². The molecule has 0 bridgehead atoms. The molecule has 34 heavy (non-hydrogen) atoms. The molecular formula is C27H25N3O4. The van der Waals surface area contributed by atoms with Gasteiger partial charge >= 0.3 is 6.03 Å². The molecule has 3 amide bonds. The van der Waals surface area contributed by atoms with Gasteiger partial charge in [-0.05, 0) is 42.4 Å². The number of urea groups is 1. The fourth-order valence-electron chi connectivity index (χ4n) is 4.80. The van der Waals surface area contributed by atoms with E-state index in [1.165, 1.54) is 9.80 Å². The zero-order valence-corrected chi connectivity index (χ0v) is 18.9. The highest BCUT2D eigenvalue weighted by molar-refractivity contribution is 6.27. The summed E-state index contributed by atoms with van der Waals surface area (Å²) >= 11 is 0. The zero-order valence-electron chi connectivity index (χ0n) is 18.9. The Balaban J connectivity index is 1.22. The molecular weight excluding hydrogens is 430 g/mol. The van der Waals surface area contributed by atoms with Gasteiger partial charge in [0.1, 0.15) is 6.54 Å². The molecule has 0 atom stereocenters. The molecule has 3 aliphatic heterocycles. The van der Waals surface area contributed by atoms with Crippen molar-refractivity contribution in [3.05, 3.63) is 72.8 Å². The third-order valence-electron chi connectivity index (χ3n) is 6.78. The summed E-state index contributed by atoms with van der Waals surface area (Å²) in [6, 6.07) is 22.5. The summed E-state index contributed by atoms with van der Waals surface area (Å²) in [7, 11) is 2.09. The molecule has 3 heterocycles. The molecule has 3 aliphatic rings. The summed E-state index contributed by atoms with van der Waals surface area (Å²) in [5, 5.41) is 0. The maximum absolute atomic E-state index is 13.3. The second-order valence-corrected chi connectivity index (χ2v) is 9.06. The molecule has 0 N–H and O–H groups in total. The second-order valence-electron chi connectivity index (χ2n) is 9.06. The van der Waals surface area contributed by atoms with Crippen LogP contribution in [0.1, 0.15) is 12.8 Å². The predicted octanol–water partition coefficient (Wildman–Crippen LogP) is 4.52. The molecule has 3 aromatic carbocycles. The van der Waals surface area contributed by atoms with E-state index in [1.54, 1.807) is 6.07 Å². The van der Waals surface area contributed by atoms with Crippen LogP contribution in [0.3, 0.4) is 0 Å². The number of anilines is 2. The van der Waals surface area contributed by atoms with Crippen LogP contribution in [0.4, 0.5) is 16.2 Å². The van der Waals surface area contributed by atoms with Crippen LogP contribution < -0.4 is 19.3 Å². The molecule has 0 aromatic heterocycles. The first kappa shape index (κ1) is 20.7. The monoisotopic (exact) mass is 455 g/mol. The number of fused-ring (bicyclic) bond motifs is 1. The van der Waals surface area contributed by atoms with Crippen LogP contribution >= 0.6 is 0 Å². The molecule has 0 radical (unpaired) electrons. The molecule has 1 spiro atoms. The van der Waals surface area contributed by atoms with E-state index in [0.717, 1.165) is 37.1 Å². The van der Waals surface area contributed by atoms with E-state index in [-0.39, 0.29) is 18.5 Å². The van der Waals surface area contributed by atoms with E-state index in [4.69, 9.17) is 9.47 Å². The SMILES string of the molecule is CN1CCC2(CC1)Oc1ccc(N3CC(=O)N(c4ccc(-c5ccccc5)cc4)C3=O)cc1O2. The van der Waals surface area contributed by atoms with Crippen LogP contribution in [-0.4, -0.2) is 49.3 Å². The first-order valence-electron chi connectivity index (χ1n) is 11.5.